The number of amides is 2. The molecule has 10 heteroatoms. The van der Waals surface area contributed by atoms with Crippen molar-refractivity contribution >= 4 is 39.4 Å². The number of hydrogen-bond donors (Lipinski definition) is 0. The summed E-state index contributed by atoms with van der Waals surface area (Å²) in [6.07, 6.45) is 0. The summed E-state index contributed by atoms with van der Waals surface area (Å²) in [7, 11) is -1.15. The Kier molecular flexibility index (Phi) is 5.74. The molecule has 0 saturated heterocycles. The van der Waals surface area contributed by atoms with Gasteiger partial charge in [-0.25, -0.2) is 17.5 Å². The molecular weight excluding hydrogens is 420 g/mol. The summed E-state index contributed by atoms with van der Waals surface area (Å²) in [6, 6.07) is 10.2. The van der Waals surface area contributed by atoms with Gasteiger partial charge in [0.1, 0.15) is 11.5 Å². The lowest BCUT2D eigenvalue weighted by Crippen LogP contribution is -2.33. The van der Waals surface area contributed by atoms with Crippen LogP contribution in [0.25, 0.3) is 0 Å². The Bertz CT molecular complexity index is 1080. The molecule has 0 N–H and O–H groups in total. The summed E-state index contributed by atoms with van der Waals surface area (Å²) in [4.78, 5) is 37.7. The number of carbonyl (C=O) groups is 3. The number of sulfonamides is 1. The van der Waals surface area contributed by atoms with Crippen molar-refractivity contribution < 1.29 is 27.5 Å². The van der Waals surface area contributed by atoms with Crippen molar-refractivity contribution in [1.29, 1.82) is 0 Å². The van der Waals surface area contributed by atoms with Crippen molar-refractivity contribution in [2.24, 2.45) is 0 Å². The first-order valence-electron chi connectivity index (χ1n) is 8.49. The Balaban J connectivity index is 1.68. The van der Waals surface area contributed by atoms with Crippen LogP contribution in [-0.4, -0.2) is 62.7 Å². The monoisotopic (exact) mass is 436 g/mol. The van der Waals surface area contributed by atoms with E-state index in [0.717, 1.165) is 15.3 Å². The number of imide groups is 1. The summed E-state index contributed by atoms with van der Waals surface area (Å²) in [5, 5.41) is -0.0266. The first-order chi connectivity index (χ1) is 13.6. The first kappa shape index (κ1) is 21.0. The Morgan fingerprint density at radius 2 is 1.66 bits per heavy atom. The largest absolute Gasteiger partial charge is 0.460 e. The van der Waals surface area contributed by atoms with Gasteiger partial charge in [0, 0.05) is 14.1 Å². The van der Waals surface area contributed by atoms with Crippen LogP contribution in [0.4, 0.5) is 0 Å². The van der Waals surface area contributed by atoms with E-state index in [4.69, 9.17) is 16.3 Å². The SMILES string of the molecule is CN(C)S(=O)(=O)c1cc(C(=O)OCCN2C(=O)c3ccccc3C2=O)ccc1Cl. The molecule has 0 fully saturated rings. The van der Waals surface area contributed by atoms with Crippen LogP contribution in [-0.2, 0) is 14.8 Å². The molecule has 8 nitrogen and oxygen atoms in total. The number of halogens is 1. The normalized spacial score (nSPS) is 13.7. The van der Waals surface area contributed by atoms with Gasteiger partial charge >= 0.3 is 5.97 Å². The van der Waals surface area contributed by atoms with Crippen molar-refractivity contribution in [3.05, 3.63) is 64.2 Å². The highest BCUT2D eigenvalue weighted by Gasteiger charge is 2.34. The molecule has 1 aliphatic rings. The third kappa shape index (κ3) is 3.89. The number of nitrogens with zero attached hydrogens (tertiary/aromatic N) is 2. The molecule has 2 aromatic carbocycles. The third-order valence-corrected chi connectivity index (χ3v) is 6.65. The van der Waals surface area contributed by atoms with Gasteiger partial charge in [-0.1, -0.05) is 23.7 Å². The van der Waals surface area contributed by atoms with Crippen LogP contribution in [0.3, 0.4) is 0 Å². The van der Waals surface area contributed by atoms with Crippen LogP contribution in [0.5, 0.6) is 0 Å². The van der Waals surface area contributed by atoms with E-state index in [1.807, 2.05) is 0 Å². The van der Waals surface area contributed by atoms with E-state index < -0.39 is 27.8 Å². The number of fused-ring (bicyclic) bond motifs is 1. The van der Waals surface area contributed by atoms with Crippen LogP contribution in [0.15, 0.2) is 47.4 Å². The average Bonchev–Trinajstić information content (AvgIpc) is 2.93. The highest BCUT2D eigenvalue weighted by molar-refractivity contribution is 7.89. The second-order valence-corrected chi connectivity index (χ2v) is 8.90. The average molecular weight is 437 g/mol. The zero-order valence-corrected chi connectivity index (χ0v) is 17.2. The van der Waals surface area contributed by atoms with Gasteiger partial charge < -0.3 is 4.74 Å². The lowest BCUT2D eigenvalue weighted by atomic mass is 10.1. The molecule has 1 heterocycles. The predicted molar refractivity (Wildman–Crippen MR) is 104 cm³/mol. The van der Waals surface area contributed by atoms with Gasteiger partial charge in [0.05, 0.1) is 28.3 Å². The number of ether oxygens (including phenoxy) is 1. The molecule has 2 aromatic rings. The highest BCUT2D eigenvalue weighted by Crippen LogP contribution is 2.25. The van der Waals surface area contributed by atoms with Crippen molar-refractivity contribution in [2.45, 2.75) is 4.90 Å². The number of rotatable bonds is 6. The second-order valence-electron chi connectivity index (χ2n) is 6.38. The fourth-order valence-corrected chi connectivity index (χ4v) is 4.17. The molecule has 152 valence electrons. The molecule has 0 atom stereocenters. The van der Waals surface area contributed by atoms with Gasteiger partial charge in [-0.3, -0.25) is 14.5 Å². The van der Waals surface area contributed by atoms with Gasteiger partial charge in [-0.2, -0.15) is 0 Å². The Hall–Kier alpha value is -2.75. The van der Waals surface area contributed by atoms with Crippen LogP contribution >= 0.6 is 11.6 Å². The molecule has 3 rings (SSSR count). The van der Waals surface area contributed by atoms with Crippen molar-refractivity contribution in [3.8, 4) is 0 Å². The van der Waals surface area contributed by atoms with Crippen molar-refractivity contribution in [1.82, 2.24) is 9.21 Å². The Morgan fingerprint density at radius 3 is 2.21 bits per heavy atom. The number of hydrogen-bond acceptors (Lipinski definition) is 6. The number of benzene rings is 2. The smallest absolute Gasteiger partial charge is 0.338 e. The first-order valence-corrected chi connectivity index (χ1v) is 10.3. The molecule has 29 heavy (non-hydrogen) atoms. The predicted octanol–water partition coefficient (Wildman–Crippen LogP) is 2.04. The molecule has 1 aliphatic heterocycles. The topological polar surface area (TPSA) is 101 Å². The maximum atomic E-state index is 12.3. The lowest BCUT2D eigenvalue weighted by Gasteiger charge is -2.15. The molecule has 0 unspecified atom stereocenters. The summed E-state index contributed by atoms with van der Waals surface area (Å²) in [5.74, 6) is -1.70. The molecule has 0 saturated carbocycles. The maximum Gasteiger partial charge on any atom is 0.338 e. The second kappa shape index (κ2) is 7.94. The van der Waals surface area contributed by atoms with E-state index in [2.05, 4.69) is 0 Å². The zero-order chi connectivity index (χ0) is 21.3. The van der Waals surface area contributed by atoms with E-state index in [9.17, 15) is 22.8 Å². The summed E-state index contributed by atoms with van der Waals surface area (Å²) >= 11 is 5.96. The lowest BCUT2D eigenvalue weighted by molar-refractivity contribution is 0.0420. The fraction of sp³-hybridized carbons (Fsp3) is 0.211. The van der Waals surface area contributed by atoms with Crippen LogP contribution in [0.2, 0.25) is 5.02 Å². The number of carbonyl (C=O) groups excluding carboxylic acids is 3. The fourth-order valence-electron chi connectivity index (χ4n) is 2.78. The van der Waals surface area contributed by atoms with Crippen LogP contribution in [0.1, 0.15) is 31.1 Å². The Morgan fingerprint density at radius 1 is 1.07 bits per heavy atom. The number of esters is 1. The molecule has 0 aromatic heterocycles. The van der Waals surface area contributed by atoms with Gasteiger partial charge in [-0.05, 0) is 30.3 Å². The van der Waals surface area contributed by atoms with E-state index in [0.29, 0.717) is 11.1 Å². The molecule has 2 amide bonds. The molecule has 0 radical (unpaired) electrons. The van der Waals surface area contributed by atoms with Gasteiger partial charge in [0.2, 0.25) is 10.0 Å². The Labute approximate surface area is 172 Å². The summed E-state index contributed by atoms with van der Waals surface area (Å²) < 4.78 is 30.7. The molecule has 0 aliphatic carbocycles. The van der Waals surface area contributed by atoms with Gasteiger partial charge in [0.15, 0.2) is 0 Å². The minimum absolute atomic E-state index is 0.0165. The van der Waals surface area contributed by atoms with Crippen LogP contribution < -0.4 is 0 Å². The minimum Gasteiger partial charge on any atom is -0.460 e. The molecular formula is C19H17ClN2O6S. The minimum atomic E-state index is -3.85. The van der Waals surface area contributed by atoms with Crippen LogP contribution in [0, 0.1) is 0 Å². The van der Waals surface area contributed by atoms with E-state index in [1.165, 1.54) is 26.2 Å². The quantitative estimate of drug-likeness (QED) is 0.507. The maximum absolute atomic E-state index is 12.3. The standard InChI is InChI=1S/C19H17ClN2O6S/c1-21(2)29(26,27)16-11-12(7-8-15(16)20)19(25)28-10-9-22-17(23)13-5-3-4-6-14(13)18(22)24/h3-8,11H,9-10H2,1-2H3. The third-order valence-electron chi connectivity index (χ3n) is 4.35. The van der Waals surface area contributed by atoms with E-state index in [1.54, 1.807) is 24.3 Å². The van der Waals surface area contributed by atoms with Crippen molar-refractivity contribution in [2.75, 3.05) is 27.2 Å². The van der Waals surface area contributed by atoms with Crippen molar-refractivity contribution in [3.63, 3.8) is 0 Å². The molecule has 0 bridgehead atoms. The zero-order valence-electron chi connectivity index (χ0n) is 15.6. The van der Waals surface area contributed by atoms with Gasteiger partial charge in [-0.15, -0.1) is 0 Å². The van der Waals surface area contributed by atoms with E-state index in [-0.39, 0.29) is 28.6 Å². The van der Waals surface area contributed by atoms with Gasteiger partial charge in [0.25, 0.3) is 11.8 Å². The highest BCUT2D eigenvalue weighted by atomic mass is 35.5. The van der Waals surface area contributed by atoms with E-state index >= 15 is 0 Å². The summed E-state index contributed by atoms with van der Waals surface area (Å²) in [5.41, 5.74) is 0.595. The molecule has 0 spiro atoms. The summed E-state index contributed by atoms with van der Waals surface area (Å²) in [6.45, 7) is -0.350.